The first-order valence-electron chi connectivity index (χ1n) is 9.23. The Labute approximate surface area is 183 Å². The van der Waals surface area contributed by atoms with Crippen LogP contribution in [-0.2, 0) is 16.1 Å². The maximum atomic E-state index is 13.0. The highest BCUT2D eigenvalue weighted by Crippen LogP contribution is 2.27. The van der Waals surface area contributed by atoms with E-state index in [2.05, 4.69) is 5.32 Å². The number of halogens is 2. The number of ether oxygens (including phenoxy) is 3. The van der Waals surface area contributed by atoms with Gasteiger partial charge < -0.3 is 19.5 Å². The molecule has 0 spiro atoms. The Morgan fingerprint density at radius 3 is 2.48 bits per heavy atom. The molecule has 0 fully saturated rings. The molecule has 0 aromatic heterocycles. The lowest BCUT2D eigenvalue weighted by molar-refractivity contribution is -0.119. The summed E-state index contributed by atoms with van der Waals surface area (Å²) in [5, 5.41) is 3.00. The fourth-order valence-electron chi connectivity index (χ4n) is 2.68. The molecule has 0 saturated heterocycles. The molecule has 0 aliphatic heterocycles. The molecule has 3 aromatic carbocycles. The van der Waals surface area contributed by atoms with E-state index >= 15 is 0 Å². The average Bonchev–Trinajstić information content (AvgIpc) is 2.77. The van der Waals surface area contributed by atoms with Crippen LogP contribution < -0.4 is 14.8 Å². The summed E-state index contributed by atoms with van der Waals surface area (Å²) in [6.45, 7) is -0.375. The molecule has 1 N–H and O–H groups in total. The number of benzene rings is 3. The van der Waals surface area contributed by atoms with Crippen molar-refractivity contribution < 1.29 is 28.2 Å². The number of esters is 1. The van der Waals surface area contributed by atoms with Gasteiger partial charge in [-0.2, -0.15) is 0 Å². The zero-order chi connectivity index (χ0) is 22.2. The normalized spacial score (nSPS) is 10.3. The second-order valence-corrected chi connectivity index (χ2v) is 6.82. The van der Waals surface area contributed by atoms with E-state index in [0.717, 1.165) is 5.56 Å². The molecule has 1 amide bonds. The third-order valence-electron chi connectivity index (χ3n) is 4.18. The summed E-state index contributed by atoms with van der Waals surface area (Å²) in [6, 6.07) is 17.1. The van der Waals surface area contributed by atoms with Crippen molar-refractivity contribution in [2.45, 2.75) is 6.61 Å². The van der Waals surface area contributed by atoms with E-state index in [0.29, 0.717) is 16.5 Å². The van der Waals surface area contributed by atoms with Crippen LogP contribution in [-0.4, -0.2) is 25.6 Å². The summed E-state index contributed by atoms with van der Waals surface area (Å²) in [5.41, 5.74) is 1.26. The third kappa shape index (κ3) is 6.20. The second kappa shape index (κ2) is 10.4. The van der Waals surface area contributed by atoms with Crippen molar-refractivity contribution in [2.75, 3.05) is 19.0 Å². The molecular formula is C23H19ClFNO5. The van der Waals surface area contributed by atoms with Gasteiger partial charge in [-0.05, 0) is 48.0 Å². The number of hydrogen-bond donors (Lipinski definition) is 1. The molecule has 160 valence electrons. The van der Waals surface area contributed by atoms with Gasteiger partial charge in [0.1, 0.15) is 29.5 Å². The van der Waals surface area contributed by atoms with Crippen LogP contribution in [0.25, 0.3) is 0 Å². The van der Waals surface area contributed by atoms with Crippen LogP contribution >= 0.6 is 11.6 Å². The molecule has 31 heavy (non-hydrogen) atoms. The molecule has 0 bridgehead atoms. The van der Waals surface area contributed by atoms with Crippen LogP contribution in [0.3, 0.4) is 0 Å². The highest BCUT2D eigenvalue weighted by Gasteiger charge is 2.16. The SMILES string of the molecule is COc1ccc(Cl)cc1NC(=O)COC(=O)c1ccccc1OCc1ccc(F)cc1. The molecule has 0 unspecified atom stereocenters. The standard InChI is InChI=1S/C23H19ClFNO5/c1-29-21-11-8-16(24)12-19(21)26-22(27)14-31-23(28)18-4-2-3-5-20(18)30-13-15-6-9-17(25)10-7-15/h2-12H,13-14H2,1H3,(H,26,27). The van der Waals surface area contributed by atoms with Crippen LogP contribution in [0, 0.1) is 5.82 Å². The van der Waals surface area contributed by atoms with Crippen LogP contribution in [0.2, 0.25) is 5.02 Å². The zero-order valence-electron chi connectivity index (χ0n) is 16.6. The molecule has 0 radical (unpaired) electrons. The first-order valence-corrected chi connectivity index (χ1v) is 9.61. The van der Waals surface area contributed by atoms with E-state index in [4.69, 9.17) is 25.8 Å². The van der Waals surface area contributed by atoms with Gasteiger partial charge in [-0.25, -0.2) is 9.18 Å². The van der Waals surface area contributed by atoms with Gasteiger partial charge in [0.25, 0.3) is 5.91 Å². The maximum Gasteiger partial charge on any atom is 0.342 e. The minimum atomic E-state index is -0.720. The lowest BCUT2D eigenvalue weighted by Crippen LogP contribution is -2.21. The summed E-state index contributed by atoms with van der Waals surface area (Å²) in [7, 11) is 1.46. The molecule has 0 saturated carbocycles. The van der Waals surface area contributed by atoms with Crippen LogP contribution in [0.15, 0.2) is 66.7 Å². The van der Waals surface area contributed by atoms with Gasteiger partial charge in [-0.1, -0.05) is 35.9 Å². The van der Waals surface area contributed by atoms with Crippen LogP contribution in [0.1, 0.15) is 15.9 Å². The van der Waals surface area contributed by atoms with Crippen LogP contribution in [0.4, 0.5) is 10.1 Å². The smallest absolute Gasteiger partial charge is 0.342 e. The lowest BCUT2D eigenvalue weighted by atomic mass is 10.2. The topological polar surface area (TPSA) is 73.9 Å². The summed E-state index contributed by atoms with van der Waals surface area (Å²) < 4.78 is 29.0. The Bertz CT molecular complexity index is 1070. The van der Waals surface area contributed by atoms with Crippen molar-refractivity contribution in [3.8, 4) is 11.5 Å². The Morgan fingerprint density at radius 2 is 1.74 bits per heavy atom. The predicted molar refractivity (Wildman–Crippen MR) is 114 cm³/mol. The molecule has 8 heteroatoms. The Balaban J connectivity index is 1.60. The van der Waals surface area contributed by atoms with Gasteiger partial charge in [-0.15, -0.1) is 0 Å². The maximum absolute atomic E-state index is 13.0. The number of hydrogen-bond acceptors (Lipinski definition) is 5. The molecule has 0 aliphatic carbocycles. The lowest BCUT2D eigenvalue weighted by Gasteiger charge is -2.12. The number of nitrogens with one attached hydrogen (secondary N) is 1. The second-order valence-electron chi connectivity index (χ2n) is 6.38. The van der Waals surface area contributed by atoms with Crippen molar-refractivity contribution in [2.24, 2.45) is 0 Å². The molecular weight excluding hydrogens is 425 g/mol. The van der Waals surface area contributed by atoms with E-state index in [9.17, 15) is 14.0 Å². The van der Waals surface area contributed by atoms with Gasteiger partial charge >= 0.3 is 5.97 Å². The van der Waals surface area contributed by atoms with Crippen molar-refractivity contribution in [3.05, 3.63) is 88.7 Å². The van der Waals surface area contributed by atoms with Crippen molar-refractivity contribution in [3.63, 3.8) is 0 Å². The number of amides is 1. The molecule has 0 aliphatic rings. The average molecular weight is 444 g/mol. The minimum absolute atomic E-state index is 0.139. The Morgan fingerprint density at radius 1 is 1.00 bits per heavy atom. The summed E-state index contributed by atoms with van der Waals surface area (Å²) in [6.07, 6.45) is 0. The number of carbonyl (C=O) groups is 2. The summed E-state index contributed by atoms with van der Waals surface area (Å²) in [4.78, 5) is 24.7. The molecule has 0 atom stereocenters. The van der Waals surface area contributed by atoms with Gasteiger partial charge in [-0.3, -0.25) is 4.79 Å². The van der Waals surface area contributed by atoms with E-state index in [-0.39, 0.29) is 23.7 Å². The van der Waals surface area contributed by atoms with Gasteiger partial charge in [0.15, 0.2) is 6.61 Å². The molecule has 3 rings (SSSR count). The number of methoxy groups -OCH3 is 1. The van der Waals surface area contributed by atoms with E-state index in [1.165, 1.54) is 31.4 Å². The predicted octanol–water partition coefficient (Wildman–Crippen LogP) is 4.86. The van der Waals surface area contributed by atoms with Gasteiger partial charge in [0, 0.05) is 5.02 Å². The summed E-state index contributed by atoms with van der Waals surface area (Å²) in [5.74, 6) is -0.916. The Kier molecular flexibility index (Phi) is 7.45. The van der Waals surface area contributed by atoms with Gasteiger partial charge in [0.05, 0.1) is 12.8 Å². The third-order valence-corrected chi connectivity index (χ3v) is 4.42. The fraction of sp³-hybridized carbons (Fsp3) is 0.130. The number of anilines is 1. The fourth-order valence-corrected chi connectivity index (χ4v) is 2.85. The quantitative estimate of drug-likeness (QED) is 0.503. The molecule has 3 aromatic rings. The first-order chi connectivity index (χ1) is 15.0. The van der Waals surface area contributed by atoms with Crippen LogP contribution in [0.5, 0.6) is 11.5 Å². The highest BCUT2D eigenvalue weighted by molar-refractivity contribution is 6.31. The highest BCUT2D eigenvalue weighted by atomic mass is 35.5. The number of rotatable bonds is 8. The van der Waals surface area contributed by atoms with E-state index in [1.807, 2.05) is 0 Å². The van der Waals surface area contributed by atoms with Gasteiger partial charge in [0.2, 0.25) is 0 Å². The van der Waals surface area contributed by atoms with E-state index < -0.39 is 18.5 Å². The van der Waals surface area contributed by atoms with Crippen molar-refractivity contribution >= 4 is 29.2 Å². The summed E-state index contributed by atoms with van der Waals surface area (Å²) >= 11 is 5.94. The first kappa shape index (κ1) is 22.1. The molecule has 0 heterocycles. The largest absolute Gasteiger partial charge is 0.495 e. The van der Waals surface area contributed by atoms with Crippen molar-refractivity contribution in [1.82, 2.24) is 0 Å². The Hall–Kier alpha value is -3.58. The zero-order valence-corrected chi connectivity index (χ0v) is 17.3. The number of para-hydroxylation sites is 1. The number of carbonyl (C=O) groups excluding carboxylic acids is 2. The molecule has 6 nitrogen and oxygen atoms in total. The van der Waals surface area contributed by atoms with E-state index in [1.54, 1.807) is 42.5 Å². The monoisotopic (exact) mass is 443 g/mol. The van der Waals surface area contributed by atoms with Crippen molar-refractivity contribution in [1.29, 1.82) is 0 Å². The minimum Gasteiger partial charge on any atom is -0.495 e.